The normalized spacial score (nSPS) is 13.8. The van der Waals surface area contributed by atoms with Crippen molar-refractivity contribution in [1.29, 1.82) is 0 Å². The molecule has 1 aliphatic rings. The van der Waals surface area contributed by atoms with E-state index in [1.54, 1.807) is 0 Å². The zero-order valence-corrected chi connectivity index (χ0v) is 9.85. The summed E-state index contributed by atoms with van der Waals surface area (Å²) in [6.45, 7) is 3.80. The fourth-order valence-corrected chi connectivity index (χ4v) is 2.28. The van der Waals surface area contributed by atoms with Crippen LogP contribution in [0.2, 0.25) is 0 Å². The van der Waals surface area contributed by atoms with E-state index in [0.29, 0.717) is 0 Å². The fourth-order valence-electron chi connectivity index (χ4n) is 2.28. The maximum Gasteiger partial charge on any atom is 0.0559 e. The van der Waals surface area contributed by atoms with E-state index in [1.165, 1.54) is 11.1 Å². The van der Waals surface area contributed by atoms with Gasteiger partial charge < -0.3 is 10.6 Å². The first-order valence-electron chi connectivity index (χ1n) is 5.78. The van der Waals surface area contributed by atoms with Crippen molar-refractivity contribution in [3.63, 3.8) is 0 Å². The minimum Gasteiger partial charge on any atom is -0.398 e. The van der Waals surface area contributed by atoms with E-state index in [0.717, 1.165) is 30.2 Å². The number of aryl methyl sites for hydroxylation is 1. The van der Waals surface area contributed by atoms with Crippen molar-refractivity contribution in [2.24, 2.45) is 0 Å². The maximum absolute atomic E-state index is 5.99. The van der Waals surface area contributed by atoms with E-state index in [2.05, 4.69) is 22.0 Å². The van der Waals surface area contributed by atoms with Gasteiger partial charge in [-0.3, -0.25) is 4.98 Å². The minimum atomic E-state index is 0.882. The topological polar surface area (TPSA) is 42.1 Å². The molecule has 1 aromatic carbocycles. The van der Waals surface area contributed by atoms with E-state index >= 15 is 0 Å². The van der Waals surface area contributed by atoms with Gasteiger partial charge in [-0.05, 0) is 36.2 Å². The summed E-state index contributed by atoms with van der Waals surface area (Å²) >= 11 is 0. The molecule has 0 spiro atoms. The largest absolute Gasteiger partial charge is 0.398 e. The van der Waals surface area contributed by atoms with Crippen molar-refractivity contribution in [1.82, 2.24) is 4.98 Å². The van der Waals surface area contributed by atoms with Gasteiger partial charge in [0.05, 0.1) is 11.9 Å². The van der Waals surface area contributed by atoms with Crippen LogP contribution in [0, 0.1) is 6.92 Å². The first-order chi connectivity index (χ1) is 8.24. The van der Waals surface area contributed by atoms with Gasteiger partial charge in [-0.2, -0.15) is 0 Å². The molecule has 3 rings (SSSR count). The van der Waals surface area contributed by atoms with Gasteiger partial charge in [-0.25, -0.2) is 0 Å². The van der Waals surface area contributed by atoms with Crippen LogP contribution < -0.4 is 10.6 Å². The van der Waals surface area contributed by atoms with E-state index in [9.17, 15) is 0 Å². The van der Waals surface area contributed by atoms with E-state index < -0.39 is 0 Å². The molecule has 0 fully saturated rings. The molecule has 17 heavy (non-hydrogen) atoms. The number of benzene rings is 1. The maximum atomic E-state index is 5.99. The van der Waals surface area contributed by atoms with Gasteiger partial charge >= 0.3 is 0 Å². The molecule has 3 heteroatoms. The third-order valence-corrected chi connectivity index (χ3v) is 3.28. The monoisotopic (exact) mass is 225 g/mol. The number of nitrogen functional groups attached to an aromatic ring is 1. The summed E-state index contributed by atoms with van der Waals surface area (Å²) in [7, 11) is 0. The highest BCUT2D eigenvalue weighted by Crippen LogP contribution is 2.30. The first kappa shape index (κ1) is 10.1. The van der Waals surface area contributed by atoms with Crippen molar-refractivity contribution < 1.29 is 0 Å². The molecule has 0 amide bonds. The van der Waals surface area contributed by atoms with E-state index in [-0.39, 0.29) is 0 Å². The van der Waals surface area contributed by atoms with Crippen molar-refractivity contribution >= 4 is 11.4 Å². The quantitative estimate of drug-likeness (QED) is 0.758. The number of nitrogens with zero attached hydrogens (tertiary/aromatic N) is 2. The Morgan fingerprint density at radius 3 is 2.76 bits per heavy atom. The molecular formula is C14H15N3. The Kier molecular flexibility index (Phi) is 2.25. The van der Waals surface area contributed by atoms with Gasteiger partial charge in [-0.1, -0.05) is 12.1 Å². The Morgan fingerprint density at radius 1 is 1.18 bits per heavy atom. The van der Waals surface area contributed by atoms with Crippen molar-refractivity contribution in [2.75, 3.05) is 10.6 Å². The van der Waals surface area contributed by atoms with Crippen LogP contribution >= 0.6 is 0 Å². The summed E-state index contributed by atoms with van der Waals surface area (Å²) in [6, 6.07) is 10.3. The highest BCUT2D eigenvalue weighted by Gasteiger charge is 2.20. The van der Waals surface area contributed by atoms with Crippen molar-refractivity contribution in [3.8, 4) is 0 Å². The second-order valence-electron chi connectivity index (χ2n) is 4.50. The lowest BCUT2D eigenvalue weighted by atomic mass is 10.1. The molecule has 3 nitrogen and oxygen atoms in total. The Hall–Kier alpha value is -2.03. The zero-order chi connectivity index (χ0) is 11.8. The predicted molar refractivity (Wildman–Crippen MR) is 69.7 cm³/mol. The molecule has 2 aromatic rings. The van der Waals surface area contributed by atoms with Gasteiger partial charge in [0.25, 0.3) is 0 Å². The van der Waals surface area contributed by atoms with Crippen LogP contribution in [-0.2, 0) is 13.1 Å². The number of rotatable bonds is 1. The lowest BCUT2D eigenvalue weighted by Gasteiger charge is -2.17. The summed E-state index contributed by atoms with van der Waals surface area (Å²) in [5.74, 6) is 0. The molecule has 0 unspecified atom stereocenters. The smallest absolute Gasteiger partial charge is 0.0559 e. The van der Waals surface area contributed by atoms with Crippen LogP contribution in [0.15, 0.2) is 36.5 Å². The average molecular weight is 225 g/mol. The number of aromatic nitrogens is 1. The minimum absolute atomic E-state index is 0.882. The van der Waals surface area contributed by atoms with Gasteiger partial charge in [0.15, 0.2) is 0 Å². The molecule has 1 aromatic heterocycles. The highest BCUT2D eigenvalue weighted by atomic mass is 15.2. The fraction of sp³-hybridized carbons (Fsp3) is 0.214. The number of fused-ring (bicyclic) bond motifs is 1. The third kappa shape index (κ3) is 1.73. The van der Waals surface area contributed by atoms with Gasteiger partial charge in [-0.15, -0.1) is 0 Å². The average Bonchev–Trinajstić information content (AvgIpc) is 2.75. The molecule has 0 atom stereocenters. The predicted octanol–water partition coefficient (Wildman–Crippen LogP) is 2.49. The zero-order valence-electron chi connectivity index (χ0n) is 9.85. The van der Waals surface area contributed by atoms with Gasteiger partial charge in [0.2, 0.25) is 0 Å². The Bertz CT molecular complexity index is 546. The third-order valence-electron chi connectivity index (χ3n) is 3.28. The Labute approximate surface area is 101 Å². The molecule has 2 heterocycles. The molecule has 0 bridgehead atoms. The van der Waals surface area contributed by atoms with E-state index in [4.69, 9.17) is 5.73 Å². The lowest BCUT2D eigenvalue weighted by Crippen LogP contribution is -2.14. The lowest BCUT2D eigenvalue weighted by molar-refractivity contribution is 0.875. The van der Waals surface area contributed by atoms with Crippen LogP contribution in [0.3, 0.4) is 0 Å². The molecule has 0 saturated carbocycles. The van der Waals surface area contributed by atoms with Crippen molar-refractivity contribution in [3.05, 3.63) is 53.3 Å². The van der Waals surface area contributed by atoms with Crippen LogP contribution in [-0.4, -0.2) is 4.98 Å². The van der Waals surface area contributed by atoms with Crippen LogP contribution in [0.4, 0.5) is 11.4 Å². The first-order valence-corrected chi connectivity index (χ1v) is 5.78. The standard InChI is InChI=1S/C14H15N3/c1-10-5-6-12(7-16-10)17-8-11-3-2-4-14(15)13(11)9-17/h2-7H,8-9,15H2,1H3. The Balaban J connectivity index is 1.91. The summed E-state index contributed by atoms with van der Waals surface area (Å²) in [5.41, 5.74) is 11.7. The number of anilines is 2. The molecule has 86 valence electrons. The second-order valence-corrected chi connectivity index (χ2v) is 4.50. The summed E-state index contributed by atoms with van der Waals surface area (Å²) in [6.07, 6.45) is 1.93. The van der Waals surface area contributed by atoms with E-state index in [1.807, 2.05) is 31.3 Å². The molecule has 0 radical (unpaired) electrons. The SMILES string of the molecule is Cc1ccc(N2Cc3cccc(N)c3C2)cn1. The number of hydrogen-bond donors (Lipinski definition) is 1. The number of nitrogens with two attached hydrogens (primary N) is 1. The van der Waals surface area contributed by atoms with Gasteiger partial charge in [0, 0.05) is 24.5 Å². The molecule has 1 aliphatic heterocycles. The highest BCUT2D eigenvalue weighted by molar-refractivity contribution is 5.59. The molecule has 0 aliphatic carbocycles. The van der Waals surface area contributed by atoms with Crippen molar-refractivity contribution in [2.45, 2.75) is 20.0 Å². The number of hydrogen-bond acceptors (Lipinski definition) is 3. The summed E-state index contributed by atoms with van der Waals surface area (Å²) in [5, 5.41) is 0. The molecular weight excluding hydrogens is 210 g/mol. The number of pyridine rings is 1. The second kappa shape index (κ2) is 3.77. The summed E-state index contributed by atoms with van der Waals surface area (Å²) < 4.78 is 0. The Morgan fingerprint density at radius 2 is 2.06 bits per heavy atom. The molecule has 2 N–H and O–H groups in total. The van der Waals surface area contributed by atoms with Crippen LogP contribution in [0.1, 0.15) is 16.8 Å². The summed E-state index contributed by atoms with van der Waals surface area (Å²) in [4.78, 5) is 6.64. The molecule has 0 saturated heterocycles. The van der Waals surface area contributed by atoms with Gasteiger partial charge in [0.1, 0.15) is 0 Å². The van der Waals surface area contributed by atoms with Crippen LogP contribution in [0.25, 0.3) is 0 Å². The van der Waals surface area contributed by atoms with Crippen LogP contribution in [0.5, 0.6) is 0 Å².